The number of carbonyl (C=O) groups is 2. The molecular formula is C14H16ClNO4. The molecule has 108 valence electrons. The number of rotatable bonds is 4. The van der Waals surface area contributed by atoms with E-state index in [-0.39, 0.29) is 5.91 Å². The van der Waals surface area contributed by atoms with Crippen molar-refractivity contribution < 1.29 is 19.4 Å². The van der Waals surface area contributed by atoms with Crippen molar-refractivity contribution in [2.24, 2.45) is 0 Å². The van der Waals surface area contributed by atoms with Crippen LogP contribution in [0.2, 0.25) is 5.02 Å². The number of aliphatic carboxylic acids is 1. The van der Waals surface area contributed by atoms with Crippen LogP contribution in [-0.2, 0) is 16.0 Å². The molecular weight excluding hydrogens is 282 g/mol. The molecule has 0 bridgehead atoms. The molecule has 0 fully saturated rings. The SMILES string of the molecule is CCC(C(=O)O)N(C)C(=O)C1Cc2cc(Cl)ccc2O1. The Morgan fingerprint density at radius 1 is 1.55 bits per heavy atom. The number of carboxylic acid groups (broad SMARTS) is 1. The van der Waals surface area contributed by atoms with Crippen LogP contribution >= 0.6 is 11.6 Å². The Labute approximate surface area is 122 Å². The Balaban J connectivity index is 2.11. The first-order valence-corrected chi connectivity index (χ1v) is 6.76. The molecule has 2 atom stereocenters. The molecule has 0 aliphatic carbocycles. The van der Waals surface area contributed by atoms with E-state index in [9.17, 15) is 9.59 Å². The zero-order chi connectivity index (χ0) is 14.9. The van der Waals surface area contributed by atoms with E-state index in [4.69, 9.17) is 21.4 Å². The van der Waals surface area contributed by atoms with E-state index in [1.807, 2.05) is 0 Å². The van der Waals surface area contributed by atoms with Crippen LogP contribution in [0.5, 0.6) is 5.75 Å². The van der Waals surface area contributed by atoms with E-state index < -0.39 is 18.1 Å². The maximum Gasteiger partial charge on any atom is 0.326 e. The number of ether oxygens (including phenoxy) is 1. The van der Waals surface area contributed by atoms with Gasteiger partial charge in [-0.2, -0.15) is 0 Å². The van der Waals surface area contributed by atoms with Crippen LogP contribution in [0.4, 0.5) is 0 Å². The smallest absolute Gasteiger partial charge is 0.326 e. The predicted octanol–water partition coefficient (Wildman–Crippen LogP) is 1.97. The van der Waals surface area contributed by atoms with Gasteiger partial charge in [-0.3, -0.25) is 4.79 Å². The van der Waals surface area contributed by atoms with Gasteiger partial charge in [-0.15, -0.1) is 0 Å². The fourth-order valence-electron chi connectivity index (χ4n) is 2.35. The number of hydrogen-bond acceptors (Lipinski definition) is 3. The summed E-state index contributed by atoms with van der Waals surface area (Å²) in [4.78, 5) is 24.6. The summed E-state index contributed by atoms with van der Waals surface area (Å²) < 4.78 is 5.58. The molecule has 6 heteroatoms. The zero-order valence-electron chi connectivity index (χ0n) is 11.3. The molecule has 0 saturated carbocycles. The molecule has 1 aromatic carbocycles. The van der Waals surface area contributed by atoms with Gasteiger partial charge in [-0.1, -0.05) is 18.5 Å². The number of amides is 1. The van der Waals surface area contributed by atoms with Gasteiger partial charge >= 0.3 is 5.97 Å². The quantitative estimate of drug-likeness (QED) is 0.922. The average Bonchev–Trinajstić information content (AvgIpc) is 2.80. The zero-order valence-corrected chi connectivity index (χ0v) is 12.1. The fourth-order valence-corrected chi connectivity index (χ4v) is 2.54. The van der Waals surface area contributed by atoms with Gasteiger partial charge in [0.05, 0.1) is 0 Å². The van der Waals surface area contributed by atoms with Gasteiger partial charge in [-0.05, 0) is 30.2 Å². The Hall–Kier alpha value is -1.75. The fraction of sp³-hybridized carbons (Fsp3) is 0.429. The van der Waals surface area contributed by atoms with Crippen molar-refractivity contribution in [3.05, 3.63) is 28.8 Å². The second-order valence-corrected chi connectivity index (χ2v) is 5.21. The summed E-state index contributed by atoms with van der Waals surface area (Å²) in [6.07, 6.45) is 0.0833. The van der Waals surface area contributed by atoms with Gasteiger partial charge in [0, 0.05) is 18.5 Å². The molecule has 1 amide bonds. The van der Waals surface area contributed by atoms with Crippen molar-refractivity contribution in [3.8, 4) is 5.75 Å². The highest BCUT2D eigenvalue weighted by Crippen LogP contribution is 2.31. The summed E-state index contributed by atoms with van der Waals surface area (Å²) in [6.45, 7) is 1.73. The summed E-state index contributed by atoms with van der Waals surface area (Å²) in [6, 6.07) is 4.35. The van der Waals surface area contributed by atoms with Crippen molar-refractivity contribution in [2.45, 2.75) is 31.9 Å². The lowest BCUT2D eigenvalue weighted by atomic mass is 10.1. The first-order chi connectivity index (χ1) is 9.43. The van der Waals surface area contributed by atoms with E-state index in [1.54, 1.807) is 25.1 Å². The first kappa shape index (κ1) is 14.7. The minimum absolute atomic E-state index is 0.327. The monoisotopic (exact) mass is 297 g/mol. The number of carbonyl (C=O) groups excluding carboxylic acids is 1. The Morgan fingerprint density at radius 3 is 2.85 bits per heavy atom. The molecule has 5 nitrogen and oxygen atoms in total. The molecule has 1 aliphatic heterocycles. The van der Waals surface area contributed by atoms with Gasteiger partial charge < -0.3 is 14.7 Å². The van der Waals surface area contributed by atoms with Crippen LogP contribution in [0.1, 0.15) is 18.9 Å². The molecule has 1 N–H and O–H groups in total. The molecule has 20 heavy (non-hydrogen) atoms. The number of fused-ring (bicyclic) bond motifs is 1. The molecule has 2 unspecified atom stereocenters. The summed E-state index contributed by atoms with van der Waals surface area (Å²) >= 11 is 5.90. The number of halogens is 1. The van der Waals surface area contributed by atoms with Gasteiger partial charge in [-0.25, -0.2) is 4.79 Å². The average molecular weight is 298 g/mol. The Kier molecular flexibility index (Phi) is 4.18. The lowest BCUT2D eigenvalue weighted by molar-refractivity contribution is -0.151. The molecule has 1 heterocycles. The number of carboxylic acids is 1. The van der Waals surface area contributed by atoms with Crippen LogP contribution < -0.4 is 4.74 Å². The lowest BCUT2D eigenvalue weighted by Crippen LogP contribution is -2.47. The molecule has 1 aromatic rings. The molecule has 0 saturated heterocycles. The number of likely N-dealkylation sites (N-methyl/N-ethyl adjacent to an activating group) is 1. The lowest BCUT2D eigenvalue weighted by Gasteiger charge is -2.26. The van der Waals surface area contributed by atoms with Crippen molar-refractivity contribution in [2.75, 3.05) is 7.05 Å². The van der Waals surface area contributed by atoms with Gasteiger partial charge in [0.2, 0.25) is 0 Å². The van der Waals surface area contributed by atoms with E-state index in [1.165, 1.54) is 11.9 Å². The molecule has 0 spiro atoms. The molecule has 2 rings (SSSR count). The third-order valence-electron chi connectivity index (χ3n) is 3.46. The summed E-state index contributed by atoms with van der Waals surface area (Å²) in [5.74, 6) is -0.710. The maximum absolute atomic E-state index is 12.3. The van der Waals surface area contributed by atoms with Crippen LogP contribution in [0.25, 0.3) is 0 Å². The van der Waals surface area contributed by atoms with E-state index >= 15 is 0 Å². The van der Waals surface area contributed by atoms with Crippen molar-refractivity contribution in [1.29, 1.82) is 0 Å². The first-order valence-electron chi connectivity index (χ1n) is 6.38. The van der Waals surface area contributed by atoms with Crippen LogP contribution in [-0.4, -0.2) is 41.1 Å². The van der Waals surface area contributed by atoms with Crippen molar-refractivity contribution in [3.63, 3.8) is 0 Å². The number of hydrogen-bond donors (Lipinski definition) is 1. The second-order valence-electron chi connectivity index (χ2n) is 4.77. The minimum atomic E-state index is -1.01. The number of benzene rings is 1. The standard InChI is InChI=1S/C14H16ClNO4/c1-3-10(14(18)19)16(2)13(17)12-7-8-6-9(15)4-5-11(8)20-12/h4-6,10,12H,3,7H2,1-2H3,(H,18,19). The van der Waals surface area contributed by atoms with Crippen LogP contribution in [0.15, 0.2) is 18.2 Å². The summed E-state index contributed by atoms with van der Waals surface area (Å²) in [7, 11) is 1.49. The molecule has 1 aliphatic rings. The largest absolute Gasteiger partial charge is 0.480 e. The highest BCUT2D eigenvalue weighted by atomic mass is 35.5. The second kappa shape index (κ2) is 5.71. The van der Waals surface area contributed by atoms with Crippen LogP contribution in [0.3, 0.4) is 0 Å². The van der Waals surface area contributed by atoms with E-state index in [2.05, 4.69) is 0 Å². The Morgan fingerprint density at radius 2 is 2.25 bits per heavy atom. The maximum atomic E-state index is 12.3. The predicted molar refractivity (Wildman–Crippen MR) is 74.1 cm³/mol. The normalized spacial score (nSPS) is 18.1. The summed E-state index contributed by atoms with van der Waals surface area (Å²) in [5, 5.41) is 9.68. The molecule has 0 radical (unpaired) electrons. The van der Waals surface area contributed by atoms with Gasteiger partial charge in [0.15, 0.2) is 6.10 Å². The Bertz CT molecular complexity index is 546. The molecule has 0 aromatic heterocycles. The summed E-state index contributed by atoms with van der Waals surface area (Å²) in [5.41, 5.74) is 0.868. The highest BCUT2D eigenvalue weighted by molar-refractivity contribution is 6.30. The third kappa shape index (κ3) is 2.72. The van der Waals surface area contributed by atoms with Gasteiger partial charge in [0.1, 0.15) is 11.8 Å². The van der Waals surface area contributed by atoms with Crippen molar-refractivity contribution in [1.82, 2.24) is 4.90 Å². The minimum Gasteiger partial charge on any atom is -0.480 e. The van der Waals surface area contributed by atoms with E-state index in [0.717, 1.165) is 5.56 Å². The van der Waals surface area contributed by atoms with Crippen LogP contribution in [0, 0.1) is 0 Å². The number of nitrogens with zero attached hydrogens (tertiary/aromatic N) is 1. The van der Waals surface area contributed by atoms with E-state index in [0.29, 0.717) is 23.6 Å². The topological polar surface area (TPSA) is 66.8 Å². The van der Waals surface area contributed by atoms with Crippen molar-refractivity contribution >= 4 is 23.5 Å². The van der Waals surface area contributed by atoms with Gasteiger partial charge in [0.25, 0.3) is 5.91 Å². The third-order valence-corrected chi connectivity index (χ3v) is 3.69. The highest BCUT2D eigenvalue weighted by Gasteiger charge is 2.35.